The number of aliphatic hydroxyl groups excluding tert-OH is 1. The second-order valence-electron chi connectivity index (χ2n) is 3.94. The summed E-state index contributed by atoms with van der Waals surface area (Å²) < 4.78 is 17.8. The number of carbonyl (C=O) groups is 1. The number of ether oxygens (including phenoxy) is 1. The minimum Gasteiger partial charge on any atom is -0.460 e. The van der Waals surface area contributed by atoms with Crippen LogP contribution in [0.15, 0.2) is 36.4 Å². The molecule has 4 heteroatoms. The van der Waals surface area contributed by atoms with Crippen LogP contribution < -0.4 is 0 Å². The van der Waals surface area contributed by atoms with Crippen molar-refractivity contribution in [1.82, 2.24) is 0 Å². The summed E-state index contributed by atoms with van der Waals surface area (Å²) >= 11 is 0. The first kappa shape index (κ1) is 13.4. The first-order valence-electron chi connectivity index (χ1n) is 5.25. The molecule has 0 spiro atoms. The van der Waals surface area contributed by atoms with Gasteiger partial charge >= 0.3 is 5.97 Å². The zero-order valence-electron chi connectivity index (χ0n) is 9.81. The number of aliphatic hydroxyl groups is 1. The van der Waals surface area contributed by atoms with Gasteiger partial charge < -0.3 is 9.84 Å². The van der Waals surface area contributed by atoms with Crippen molar-refractivity contribution in [2.24, 2.45) is 0 Å². The van der Waals surface area contributed by atoms with Crippen LogP contribution in [0.1, 0.15) is 25.5 Å². The van der Waals surface area contributed by atoms with Crippen LogP contribution in [0.2, 0.25) is 0 Å². The van der Waals surface area contributed by atoms with Crippen LogP contribution >= 0.6 is 0 Å². The first-order valence-corrected chi connectivity index (χ1v) is 5.25. The number of hydrogen-bond acceptors (Lipinski definition) is 3. The lowest BCUT2D eigenvalue weighted by atomic mass is 10.0. The zero-order chi connectivity index (χ0) is 13.0. The molecule has 0 saturated heterocycles. The molecule has 3 nitrogen and oxygen atoms in total. The lowest BCUT2D eigenvalue weighted by Crippen LogP contribution is -2.17. The number of hydrogen-bond donors (Lipinski definition) is 1. The summed E-state index contributed by atoms with van der Waals surface area (Å²) in [5, 5.41) is 9.83. The van der Waals surface area contributed by atoms with Gasteiger partial charge in [0, 0.05) is 0 Å². The average molecular weight is 238 g/mol. The van der Waals surface area contributed by atoms with E-state index >= 15 is 0 Å². The molecular formula is C13H15FO3. The van der Waals surface area contributed by atoms with Crippen molar-refractivity contribution in [1.29, 1.82) is 0 Å². The highest BCUT2D eigenvalue weighted by atomic mass is 19.1. The van der Waals surface area contributed by atoms with Gasteiger partial charge in [0.25, 0.3) is 0 Å². The van der Waals surface area contributed by atoms with Crippen LogP contribution in [0.4, 0.5) is 4.39 Å². The van der Waals surface area contributed by atoms with E-state index in [-0.39, 0.29) is 17.2 Å². The summed E-state index contributed by atoms with van der Waals surface area (Å²) in [5.41, 5.74) is 0.167. The first-order chi connectivity index (χ1) is 7.91. The predicted molar refractivity (Wildman–Crippen MR) is 61.7 cm³/mol. The molecule has 0 heterocycles. The Hall–Kier alpha value is -1.68. The Balaban J connectivity index is 2.79. The highest BCUT2D eigenvalue weighted by Crippen LogP contribution is 2.22. The minimum atomic E-state index is -1.25. The lowest BCUT2D eigenvalue weighted by Gasteiger charge is -2.15. The van der Waals surface area contributed by atoms with Crippen LogP contribution in [0.3, 0.4) is 0 Å². The van der Waals surface area contributed by atoms with Crippen LogP contribution in [0.25, 0.3) is 0 Å². The van der Waals surface area contributed by atoms with Crippen LogP contribution in [0, 0.1) is 5.82 Å². The molecule has 1 aromatic rings. The number of carbonyl (C=O) groups excluding carboxylic acids is 1. The van der Waals surface area contributed by atoms with Gasteiger partial charge in [0.1, 0.15) is 11.9 Å². The molecule has 17 heavy (non-hydrogen) atoms. The maximum absolute atomic E-state index is 12.9. The fraction of sp³-hybridized carbons (Fsp3) is 0.308. The zero-order valence-corrected chi connectivity index (χ0v) is 9.81. The van der Waals surface area contributed by atoms with E-state index in [2.05, 4.69) is 6.58 Å². The topological polar surface area (TPSA) is 46.5 Å². The third-order valence-corrected chi connectivity index (χ3v) is 2.10. The van der Waals surface area contributed by atoms with E-state index in [0.717, 1.165) is 6.07 Å². The van der Waals surface area contributed by atoms with E-state index < -0.39 is 17.9 Å². The predicted octanol–water partition coefficient (Wildman–Crippen LogP) is 2.37. The molecule has 92 valence electrons. The van der Waals surface area contributed by atoms with Gasteiger partial charge in [-0.25, -0.2) is 9.18 Å². The van der Waals surface area contributed by atoms with Crippen molar-refractivity contribution < 1.29 is 19.0 Å². The molecule has 0 aromatic heterocycles. The van der Waals surface area contributed by atoms with Gasteiger partial charge in [-0.15, -0.1) is 0 Å². The SMILES string of the molecule is C=C(C(=O)OC(C)C)C(O)c1cccc(F)c1. The van der Waals surface area contributed by atoms with Gasteiger partial charge in [0.15, 0.2) is 0 Å². The van der Waals surface area contributed by atoms with E-state index in [4.69, 9.17) is 4.74 Å². The van der Waals surface area contributed by atoms with Gasteiger partial charge in [-0.3, -0.25) is 0 Å². The summed E-state index contributed by atoms with van der Waals surface area (Å²) in [6.07, 6.45) is -1.55. The van der Waals surface area contributed by atoms with E-state index in [1.165, 1.54) is 18.2 Å². The smallest absolute Gasteiger partial charge is 0.336 e. The summed E-state index contributed by atoms with van der Waals surface area (Å²) in [7, 11) is 0. The quantitative estimate of drug-likeness (QED) is 0.647. The third-order valence-electron chi connectivity index (χ3n) is 2.10. The second-order valence-corrected chi connectivity index (χ2v) is 3.94. The number of halogens is 1. The molecule has 1 N–H and O–H groups in total. The molecule has 0 aliphatic heterocycles. The molecule has 1 rings (SSSR count). The Kier molecular flexibility index (Phi) is 4.40. The van der Waals surface area contributed by atoms with Gasteiger partial charge in [0.2, 0.25) is 0 Å². The van der Waals surface area contributed by atoms with Crippen molar-refractivity contribution in [3.8, 4) is 0 Å². The van der Waals surface area contributed by atoms with Crippen molar-refractivity contribution in [3.05, 3.63) is 47.8 Å². The number of rotatable bonds is 4. The Morgan fingerprint density at radius 1 is 1.47 bits per heavy atom. The molecule has 0 saturated carbocycles. The highest BCUT2D eigenvalue weighted by Gasteiger charge is 2.20. The molecule has 1 unspecified atom stereocenters. The molecule has 0 bridgehead atoms. The third kappa shape index (κ3) is 3.67. The van der Waals surface area contributed by atoms with Crippen molar-refractivity contribution >= 4 is 5.97 Å². The van der Waals surface area contributed by atoms with Crippen molar-refractivity contribution in [3.63, 3.8) is 0 Å². The Morgan fingerprint density at radius 2 is 2.12 bits per heavy atom. The van der Waals surface area contributed by atoms with E-state index in [9.17, 15) is 14.3 Å². The fourth-order valence-electron chi connectivity index (χ4n) is 1.28. The number of benzene rings is 1. The maximum Gasteiger partial charge on any atom is 0.336 e. The second kappa shape index (κ2) is 5.59. The van der Waals surface area contributed by atoms with Gasteiger partial charge in [-0.1, -0.05) is 18.7 Å². The van der Waals surface area contributed by atoms with E-state index in [0.29, 0.717) is 0 Å². The summed E-state index contributed by atoms with van der Waals surface area (Å²) in [6.45, 7) is 6.86. The summed E-state index contributed by atoms with van der Waals surface area (Å²) in [6, 6.07) is 5.38. The molecule has 1 aromatic carbocycles. The fourth-order valence-corrected chi connectivity index (χ4v) is 1.28. The lowest BCUT2D eigenvalue weighted by molar-refractivity contribution is -0.143. The van der Waals surface area contributed by atoms with Gasteiger partial charge in [0.05, 0.1) is 11.7 Å². The standard InChI is InChI=1S/C13H15FO3/c1-8(2)17-13(16)9(3)12(15)10-5-4-6-11(14)7-10/h4-8,12,15H,3H2,1-2H3. The van der Waals surface area contributed by atoms with Crippen molar-refractivity contribution in [2.75, 3.05) is 0 Å². The van der Waals surface area contributed by atoms with Crippen LogP contribution in [-0.2, 0) is 9.53 Å². The molecular weight excluding hydrogens is 223 g/mol. The summed E-state index contributed by atoms with van der Waals surface area (Å²) in [5.74, 6) is -1.16. The normalized spacial score (nSPS) is 12.3. The van der Waals surface area contributed by atoms with Crippen molar-refractivity contribution in [2.45, 2.75) is 26.1 Å². The van der Waals surface area contributed by atoms with Gasteiger partial charge in [-0.05, 0) is 31.5 Å². The molecule has 0 fully saturated rings. The van der Waals surface area contributed by atoms with Gasteiger partial charge in [-0.2, -0.15) is 0 Å². The van der Waals surface area contributed by atoms with Crippen LogP contribution in [-0.4, -0.2) is 17.2 Å². The molecule has 0 aliphatic rings. The van der Waals surface area contributed by atoms with E-state index in [1.54, 1.807) is 13.8 Å². The Bertz CT molecular complexity index is 426. The highest BCUT2D eigenvalue weighted by molar-refractivity contribution is 5.89. The largest absolute Gasteiger partial charge is 0.460 e. The number of esters is 1. The molecule has 0 aliphatic carbocycles. The molecule has 1 atom stereocenters. The average Bonchev–Trinajstić information content (AvgIpc) is 2.26. The Labute approximate surface area is 99.5 Å². The van der Waals surface area contributed by atoms with E-state index in [1.807, 2.05) is 0 Å². The minimum absolute atomic E-state index is 0.107. The van der Waals surface area contributed by atoms with Crippen LogP contribution in [0.5, 0.6) is 0 Å². The summed E-state index contributed by atoms with van der Waals surface area (Å²) in [4.78, 5) is 11.5. The Morgan fingerprint density at radius 3 is 2.65 bits per heavy atom. The molecule has 0 amide bonds. The monoisotopic (exact) mass is 238 g/mol. The molecule has 0 radical (unpaired) electrons. The maximum atomic E-state index is 12.9.